The average Bonchev–Trinajstić information content (AvgIpc) is 2.54. The van der Waals surface area contributed by atoms with Crippen molar-refractivity contribution in [3.63, 3.8) is 0 Å². The van der Waals surface area contributed by atoms with E-state index in [1.807, 2.05) is 6.07 Å². The molecule has 9 heteroatoms. The minimum atomic E-state index is -3.72. The lowest BCUT2D eigenvalue weighted by Gasteiger charge is -2.31. The van der Waals surface area contributed by atoms with Crippen molar-refractivity contribution in [1.82, 2.24) is 4.98 Å². The van der Waals surface area contributed by atoms with Crippen LogP contribution in [0, 0.1) is 0 Å². The number of hydrogen-bond donors (Lipinski definition) is 0. The van der Waals surface area contributed by atoms with E-state index < -0.39 is 20.6 Å². The Kier molecular flexibility index (Phi) is 9.35. The van der Waals surface area contributed by atoms with Crippen LogP contribution in [0.25, 0.3) is 0 Å². The van der Waals surface area contributed by atoms with Gasteiger partial charge in [-0.3, -0.25) is 14.1 Å². The molecule has 0 unspecified atom stereocenters. The zero-order valence-corrected chi connectivity index (χ0v) is 16.5. The standard InChI is InChI=1S/C15H27NO6P2/c1-5-19-23(17,20-6-2)15(12-14-10-9-11-16-13-14)24(18,21-7-3)22-8-4/h9-11,13,15H,5-8,12H2,1-4H3. The minimum Gasteiger partial charge on any atom is -0.308 e. The van der Waals surface area contributed by atoms with Gasteiger partial charge < -0.3 is 18.1 Å². The van der Waals surface area contributed by atoms with E-state index in [2.05, 4.69) is 4.98 Å². The number of hydrogen-bond acceptors (Lipinski definition) is 7. The Morgan fingerprint density at radius 3 is 1.71 bits per heavy atom. The smallest absolute Gasteiger partial charge is 0.308 e. The van der Waals surface area contributed by atoms with Gasteiger partial charge in [0.1, 0.15) is 0 Å². The highest BCUT2D eigenvalue weighted by molar-refractivity contribution is 7.72. The number of aromatic nitrogens is 1. The van der Waals surface area contributed by atoms with Crippen molar-refractivity contribution in [2.45, 2.75) is 39.5 Å². The van der Waals surface area contributed by atoms with Crippen LogP contribution in [0.2, 0.25) is 0 Å². The van der Waals surface area contributed by atoms with Gasteiger partial charge in [0.15, 0.2) is 5.40 Å². The van der Waals surface area contributed by atoms with E-state index in [-0.39, 0.29) is 32.8 Å². The van der Waals surface area contributed by atoms with Crippen LogP contribution in [0.5, 0.6) is 0 Å². The summed E-state index contributed by atoms with van der Waals surface area (Å²) < 4.78 is 48.3. The maximum atomic E-state index is 13.3. The van der Waals surface area contributed by atoms with Gasteiger partial charge in [-0.15, -0.1) is 0 Å². The first-order chi connectivity index (χ1) is 11.5. The molecule has 0 fully saturated rings. The van der Waals surface area contributed by atoms with Gasteiger partial charge in [-0.2, -0.15) is 0 Å². The van der Waals surface area contributed by atoms with Crippen LogP contribution in [-0.4, -0.2) is 36.8 Å². The molecule has 0 spiro atoms. The molecule has 0 aliphatic carbocycles. The van der Waals surface area contributed by atoms with E-state index in [9.17, 15) is 9.13 Å². The van der Waals surface area contributed by atoms with Crippen molar-refractivity contribution in [1.29, 1.82) is 0 Å². The molecule has 7 nitrogen and oxygen atoms in total. The third-order valence-electron chi connectivity index (χ3n) is 3.11. The van der Waals surface area contributed by atoms with Crippen LogP contribution in [-0.2, 0) is 33.6 Å². The van der Waals surface area contributed by atoms with Gasteiger partial charge in [-0.1, -0.05) is 6.07 Å². The molecular formula is C15H27NO6P2. The molecule has 1 aromatic heterocycles. The molecule has 0 aliphatic rings. The lowest BCUT2D eigenvalue weighted by atomic mass is 10.2. The number of rotatable bonds is 12. The number of nitrogens with zero attached hydrogens (tertiary/aromatic N) is 1. The van der Waals surface area contributed by atoms with E-state index in [4.69, 9.17) is 18.1 Å². The van der Waals surface area contributed by atoms with Crippen molar-refractivity contribution in [2.24, 2.45) is 0 Å². The lowest BCUT2D eigenvalue weighted by molar-refractivity contribution is 0.195. The quantitative estimate of drug-likeness (QED) is 0.495. The van der Waals surface area contributed by atoms with Gasteiger partial charge in [0.25, 0.3) is 0 Å². The molecule has 0 atom stereocenters. The highest BCUT2D eigenvalue weighted by Crippen LogP contribution is 2.71. The second kappa shape index (κ2) is 10.4. The molecule has 1 rings (SSSR count). The molecule has 0 radical (unpaired) electrons. The summed E-state index contributed by atoms with van der Waals surface area (Å²) in [5, 5.41) is -1.05. The summed E-state index contributed by atoms with van der Waals surface area (Å²) in [6, 6.07) is 3.56. The molecule has 0 bridgehead atoms. The monoisotopic (exact) mass is 379 g/mol. The Hall–Kier alpha value is -0.550. The summed E-state index contributed by atoms with van der Waals surface area (Å²) in [4.78, 5) is 4.04. The molecule has 0 aliphatic heterocycles. The highest BCUT2D eigenvalue weighted by atomic mass is 31.2. The van der Waals surface area contributed by atoms with Crippen molar-refractivity contribution in [3.8, 4) is 0 Å². The van der Waals surface area contributed by atoms with Gasteiger partial charge >= 0.3 is 15.2 Å². The fraction of sp³-hybridized carbons (Fsp3) is 0.667. The van der Waals surface area contributed by atoms with Crippen LogP contribution in [0.1, 0.15) is 33.3 Å². The highest BCUT2D eigenvalue weighted by Gasteiger charge is 2.50. The predicted octanol–water partition coefficient (Wildman–Crippen LogP) is 4.48. The zero-order chi connectivity index (χ0) is 18.1. The first kappa shape index (κ1) is 21.5. The fourth-order valence-corrected chi connectivity index (χ4v) is 7.60. The summed E-state index contributed by atoms with van der Waals surface area (Å²) in [7, 11) is -7.43. The second-order valence-corrected chi connectivity index (χ2v) is 9.64. The molecule has 0 aromatic carbocycles. The van der Waals surface area contributed by atoms with E-state index in [0.29, 0.717) is 0 Å². The molecule has 1 heterocycles. The van der Waals surface area contributed by atoms with Gasteiger partial charge in [0.2, 0.25) is 0 Å². The summed E-state index contributed by atoms with van der Waals surface area (Å²) in [5.41, 5.74) is 0.752. The van der Waals surface area contributed by atoms with Gasteiger partial charge in [0, 0.05) is 12.4 Å². The number of pyridine rings is 1. The van der Waals surface area contributed by atoms with Gasteiger partial charge in [-0.25, -0.2) is 0 Å². The molecule has 1 aromatic rings. The molecule has 138 valence electrons. The van der Waals surface area contributed by atoms with E-state index in [1.165, 1.54) is 0 Å². The Bertz CT molecular complexity index is 518. The molecule has 0 saturated carbocycles. The van der Waals surface area contributed by atoms with Crippen LogP contribution in [0.15, 0.2) is 24.5 Å². The van der Waals surface area contributed by atoms with Crippen molar-refractivity contribution in [2.75, 3.05) is 26.4 Å². The van der Waals surface area contributed by atoms with Crippen LogP contribution in [0.4, 0.5) is 0 Å². The summed E-state index contributed by atoms with van der Waals surface area (Å²) in [6.45, 7) is 7.49. The van der Waals surface area contributed by atoms with E-state index in [0.717, 1.165) is 5.56 Å². The molecular weight excluding hydrogens is 352 g/mol. The van der Waals surface area contributed by atoms with Crippen LogP contribution < -0.4 is 0 Å². The van der Waals surface area contributed by atoms with Crippen molar-refractivity contribution < 1.29 is 27.2 Å². The van der Waals surface area contributed by atoms with E-state index >= 15 is 0 Å². The molecule has 0 saturated heterocycles. The third-order valence-corrected chi connectivity index (χ3v) is 9.10. The lowest BCUT2D eigenvalue weighted by Crippen LogP contribution is -2.20. The largest absolute Gasteiger partial charge is 0.346 e. The normalized spacial score (nSPS) is 12.7. The zero-order valence-electron chi connectivity index (χ0n) is 14.7. The molecule has 0 N–H and O–H groups in total. The topological polar surface area (TPSA) is 84.0 Å². The fourth-order valence-electron chi connectivity index (χ4n) is 2.26. The maximum absolute atomic E-state index is 13.3. The minimum absolute atomic E-state index is 0.155. The molecule has 24 heavy (non-hydrogen) atoms. The maximum Gasteiger partial charge on any atom is 0.346 e. The van der Waals surface area contributed by atoms with Gasteiger partial charge in [0.05, 0.1) is 26.4 Å². The SMILES string of the molecule is CCOP(=O)(OCC)C(Cc1cccnc1)P(=O)(OCC)OCC. The van der Waals surface area contributed by atoms with Crippen LogP contribution >= 0.6 is 15.2 Å². The third kappa shape index (κ3) is 5.76. The first-order valence-electron chi connectivity index (χ1n) is 8.12. The Morgan fingerprint density at radius 1 is 0.917 bits per heavy atom. The summed E-state index contributed by atoms with van der Waals surface area (Å²) in [6.07, 6.45) is 3.41. The van der Waals surface area contributed by atoms with E-state index in [1.54, 1.807) is 46.2 Å². The Labute approximate surface area is 144 Å². The Morgan fingerprint density at radius 2 is 1.38 bits per heavy atom. The second-order valence-electron chi connectivity index (χ2n) is 4.80. The first-order valence-corrected chi connectivity index (χ1v) is 11.3. The van der Waals surface area contributed by atoms with Crippen molar-refractivity contribution in [3.05, 3.63) is 30.1 Å². The predicted molar refractivity (Wildman–Crippen MR) is 93.4 cm³/mol. The molecule has 0 amide bonds. The van der Waals surface area contributed by atoms with Crippen LogP contribution in [0.3, 0.4) is 0 Å². The Balaban J connectivity index is 3.32. The summed E-state index contributed by atoms with van der Waals surface area (Å²) in [5.74, 6) is 0. The van der Waals surface area contributed by atoms with Crippen molar-refractivity contribution >= 4 is 15.2 Å². The van der Waals surface area contributed by atoms with Gasteiger partial charge in [-0.05, 0) is 45.7 Å². The average molecular weight is 379 g/mol. The summed E-state index contributed by atoms with van der Waals surface area (Å²) >= 11 is 0.